The van der Waals surface area contributed by atoms with Crippen LogP contribution >= 0.6 is 0 Å². The summed E-state index contributed by atoms with van der Waals surface area (Å²) >= 11 is 0. The largest absolute Gasteiger partial charge is 0.497 e. The van der Waals surface area contributed by atoms with Crippen molar-refractivity contribution < 1.29 is 9.84 Å². The molecule has 1 aliphatic rings. The first-order valence-electron chi connectivity index (χ1n) is 6.77. The van der Waals surface area contributed by atoms with E-state index in [-0.39, 0.29) is 0 Å². The zero-order valence-electron chi connectivity index (χ0n) is 12.1. The number of ether oxygens (including phenoxy) is 1. The van der Waals surface area contributed by atoms with Gasteiger partial charge in [0.05, 0.1) is 19.4 Å². The molecule has 1 fully saturated rings. The van der Waals surface area contributed by atoms with Crippen molar-refractivity contribution in [2.24, 2.45) is 0 Å². The Morgan fingerprint density at radius 1 is 1.32 bits per heavy atom. The molecule has 2 rings (SSSR count). The molecule has 1 aromatic rings. The molecule has 0 saturated carbocycles. The number of methoxy groups -OCH3 is 1. The van der Waals surface area contributed by atoms with E-state index in [1.807, 2.05) is 24.3 Å². The zero-order valence-corrected chi connectivity index (χ0v) is 12.1. The predicted octanol–water partition coefficient (Wildman–Crippen LogP) is 1.50. The van der Waals surface area contributed by atoms with Crippen LogP contribution in [0.2, 0.25) is 0 Å². The van der Waals surface area contributed by atoms with Gasteiger partial charge in [0.25, 0.3) is 0 Å². The number of nitrogens with zero attached hydrogens (tertiary/aromatic N) is 2. The minimum absolute atomic E-state index is 0.711. The molecule has 1 aliphatic heterocycles. The first kappa shape index (κ1) is 14.3. The SMILES string of the molecule is COc1cccc(C2(O)CCN(CN(C)C)CC2)c1. The summed E-state index contributed by atoms with van der Waals surface area (Å²) in [5.41, 5.74) is 0.258. The molecule has 0 aromatic heterocycles. The fourth-order valence-corrected chi connectivity index (χ4v) is 2.67. The van der Waals surface area contributed by atoms with Crippen LogP contribution in [0.3, 0.4) is 0 Å². The predicted molar refractivity (Wildman–Crippen MR) is 76.3 cm³/mol. The summed E-state index contributed by atoms with van der Waals surface area (Å²) in [6.07, 6.45) is 1.54. The number of benzene rings is 1. The molecular formula is C15H24N2O2. The fourth-order valence-electron chi connectivity index (χ4n) is 2.67. The lowest BCUT2D eigenvalue weighted by atomic mass is 9.84. The summed E-state index contributed by atoms with van der Waals surface area (Å²) in [6.45, 7) is 2.80. The Bertz CT molecular complexity index is 412. The summed E-state index contributed by atoms with van der Waals surface area (Å²) in [4.78, 5) is 4.53. The Morgan fingerprint density at radius 3 is 2.58 bits per heavy atom. The van der Waals surface area contributed by atoms with Gasteiger partial charge in [-0.1, -0.05) is 12.1 Å². The third-order valence-electron chi connectivity index (χ3n) is 3.77. The molecule has 0 atom stereocenters. The van der Waals surface area contributed by atoms with Gasteiger partial charge in [0.2, 0.25) is 0 Å². The van der Waals surface area contributed by atoms with Gasteiger partial charge in [-0.3, -0.25) is 9.80 Å². The summed E-state index contributed by atoms with van der Waals surface area (Å²) in [7, 11) is 5.80. The molecule has 0 radical (unpaired) electrons. The first-order valence-corrected chi connectivity index (χ1v) is 6.77. The van der Waals surface area contributed by atoms with Crippen LogP contribution < -0.4 is 4.74 Å². The molecule has 0 aliphatic carbocycles. The quantitative estimate of drug-likeness (QED) is 0.894. The molecule has 19 heavy (non-hydrogen) atoms. The van der Waals surface area contributed by atoms with Gasteiger partial charge in [0.1, 0.15) is 5.75 Å². The first-order chi connectivity index (χ1) is 9.03. The van der Waals surface area contributed by atoms with Gasteiger partial charge in [0, 0.05) is 13.1 Å². The third-order valence-corrected chi connectivity index (χ3v) is 3.77. The van der Waals surface area contributed by atoms with Crippen LogP contribution in [0, 0.1) is 0 Å². The lowest BCUT2D eigenvalue weighted by molar-refractivity contribution is -0.0340. The van der Waals surface area contributed by atoms with E-state index in [0.717, 1.165) is 43.9 Å². The molecule has 0 spiro atoms. The second-order valence-corrected chi connectivity index (χ2v) is 5.60. The van der Waals surface area contributed by atoms with E-state index in [9.17, 15) is 5.11 Å². The minimum Gasteiger partial charge on any atom is -0.497 e. The maximum Gasteiger partial charge on any atom is 0.119 e. The topological polar surface area (TPSA) is 35.9 Å². The average Bonchev–Trinajstić information content (AvgIpc) is 2.41. The van der Waals surface area contributed by atoms with Gasteiger partial charge < -0.3 is 9.84 Å². The maximum absolute atomic E-state index is 10.8. The van der Waals surface area contributed by atoms with Gasteiger partial charge in [-0.05, 0) is 44.6 Å². The molecule has 0 amide bonds. The van der Waals surface area contributed by atoms with Crippen LogP contribution in [-0.4, -0.2) is 55.9 Å². The molecule has 1 saturated heterocycles. The molecule has 1 aromatic carbocycles. The van der Waals surface area contributed by atoms with Gasteiger partial charge in [-0.15, -0.1) is 0 Å². The number of likely N-dealkylation sites (tertiary alicyclic amines) is 1. The van der Waals surface area contributed by atoms with Crippen LogP contribution in [0.4, 0.5) is 0 Å². The van der Waals surface area contributed by atoms with E-state index >= 15 is 0 Å². The standard InChI is InChI=1S/C15H24N2O2/c1-16(2)12-17-9-7-15(18,8-10-17)13-5-4-6-14(11-13)19-3/h4-6,11,18H,7-10,12H2,1-3H3. The van der Waals surface area contributed by atoms with Crippen LogP contribution in [0.1, 0.15) is 18.4 Å². The molecule has 106 valence electrons. The van der Waals surface area contributed by atoms with E-state index in [0.29, 0.717) is 0 Å². The molecule has 4 heteroatoms. The van der Waals surface area contributed by atoms with E-state index in [2.05, 4.69) is 23.9 Å². The van der Waals surface area contributed by atoms with Crippen molar-refractivity contribution in [1.29, 1.82) is 0 Å². The number of hydrogen-bond acceptors (Lipinski definition) is 4. The van der Waals surface area contributed by atoms with Crippen molar-refractivity contribution in [1.82, 2.24) is 9.80 Å². The maximum atomic E-state index is 10.8. The normalized spacial score (nSPS) is 19.6. The van der Waals surface area contributed by atoms with Crippen molar-refractivity contribution in [3.8, 4) is 5.75 Å². The lowest BCUT2D eigenvalue weighted by Gasteiger charge is -2.39. The average molecular weight is 264 g/mol. The van der Waals surface area contributed by atoms with Crippen LogP contribution in [0.5, 0.6) is 5.75 Å². The Morgan fingerprint density at radius 2 is 2.00 bits per heavy atom. The molecular weight excluding hydrogens is 240 g/mol. The van der Waals surface area contributed by atoms with Crippen molar-refractivity contribution in [3.05, 3.63) is 29.8 Å². The van der Waals surface area contributed by atoms with E-state index in [4.69, 9.17) is 4.74 Å². The Balaban J connectivity index is 2.04. The number of rotatable bonds is 4. The van der Waals surface area contributed by atoms with Gasteiger partial charge >= 0.3 is 0 Å². The zero-order chi connectivity index (χ0) is 13.9. The monoisotopic (exact) mass is 264 g/mol. The highest BCUT2D eigenvalue weighted by atomic mass is 16.5. The Kier molecular flexibility index (Phi) is 4.45. The van der Waals surface area contributed by atoms with Crippen LogP contribution in [0.25, 0.3) is 0 Å². The van der Waals surface area contributed by atoms with Crippen molar-refractivity contribution in [2.75, 3.05) is 41.0 Å². The summed E-state index contributed by atoms with van der Waals surface area (Å²) in [5.74, 6) is 0.807. The highest BCUT2D eigenvalue weighted by Gasteiger charge is 2.34. The van der Waals surface area contributed by atoms with E-state index < -0.39 is 5.60 Å². The molecule has 0 bridgehead atoms. The summed E-state index contributed by atoms with van der Waals surface area (Å²) in [6, 6.07) is 7.79. The Hall–Kier alpha value is -1.10. The number of aliphatic hydroxyl groups is 1. The second kappa shape index (κ2) is 5.90. The molecule has 1 N–H and O–H groups in total. The Labute approximate surface area is 115 Å². The minimum atomic E-state index is -0.711. The molecule has 0 unspecified atom stereocenters. The van der Waals surface area contributed by atoms with Crippen LogP contribution in [0.15, 0.2) is 24.3 Å². The van der Waals surface area contributed by atoms with Gasteiger partial charge in [-0.2, -0.15) is 0 Å². The van der Waals surface area contributed by atoms with E-state index in [1.54, 1.807) is 7.11 Å². The van der Waals surface area contributed by atoms with Crippen molar-refractivity contribution >= 4 is 0 Å². The summed E-state index contributed by atoms with van der Waals surface area (Å²) < 4.78 is 5.24. The number of hydrogen-bond donors (Lipinski definition) is 1. The summed E-state index contributed by atoms with van der Waals surface area (Å²) in [5, 5.41) is 10.8. The number of piperidine rings is 1. The van der Waals surface area contributed by atoms with Crippen LogP contribution in [-0.2, 0) is 5.60 Å². The van der Waals surface area contributed by atoms with E-state index in [1.165, 1.54) is 0 Å². The highest BCUT2D eigenvalue weighted by molar-refractivity contribution is 5.32. The van der Waals surface area contributed by atoms with Crippen molar-refractivity contribution in [2.45, 2.75) is 18.4 Å². The highest BCUT2D eigenvalue weighted by Crippen LogP contribution is 2.34. The second-order valence-electron chi connectivity index (χ2n) is 5.60. The van der Waals surface area contributed by atoms with Gasteiger partial charge in [0.15, 0.2) is 0 Å². The molecule has 4 nitrogen and oxygen atoms in total. The van der Waals surface area contributed by atoms with Crippen molar-refractivity contribution in [3.63, 3.8) is 0 Å². The third kappa shape index (κ3) is 3.47. The fraction of sp³-hybridized carbons (Fsp3) is 0.600. The van der Waals surface area contributed by atoms with Gasteiger partial charge in [-0.25, -0.2) is 0 Å². The smallest absolute Gasteiger partial charge is 0.119 e. The lowest BCUT2D eigenvalue weighted by Crippen LogP contribution is -2.45. The molecule has 1 heterocycles.